The average molecular weight is 479 g/mol. The summed E-state index contributed by atoms with van der Waals surface area (Å²) in [5.74, 6) is -0.530. The number of ether oxygens (including phenoxy) is 1. The second-order valence-electron chi connectivity index (χ2n) is 6.85. The second kappa shape index (κ2) is 11.1. The van der Waals surface area contributed by atoms with Crippen LogP contribution in [0.5, 0.6) is 11.5 Å². The Labute approximate surface area is 220 Å². The standard InChI is InChI=1S/C24H15N3O5S.Na/c25-13-15-8-9-20(17-5-2-1-4-16(15)17)32-21-14-26-11-10-23(21)33-22-7-3-6-19(27(30)31)18(22)12-24(28)29;/h1-11,14H,12H2,(H,28,29);/q;+1/p-1. The van der Waals surface area contributed by atoms with E-state index in [1.807, 2.05) is 24.3 Å². The number of hydrogen-bond acceptors (Lipinski definition) is 8. The van der Waals surface area contributed by atoms with E-state index in [0.29, 0.717) is 26.9 Å². The zero-order chi connectivity index (χ0) is 23.4. The Morgan fingerprint density at radius 3 is 2.50 bits per heavy atom. The number of nitrogens with zero attached hydrogens (tertiary/aromatic N) is 3. The molecular formula is C24H14N3NaO5S. The molecule has 0 aliphatic heterocycles. The Morgan fingerprint density at radius 1 is 1.03 bits per heavy atom. The van der Waals surface area contributed by atoms with Gasteiger partial charge < -0.3 is 14.6 Å². The maximum Gasteiger partial charge on any atom is 1.00 e. The Bertz CT molecular complexity index is 1440. The van der Waals surface area contributed by atoms with E-state index in [9.17, 15) is 25.3 Å². The second-order valence-corrected chi connectivity index (χ2v) is 7.94. The van der Waals surface area contributed by atoms with Crippen molar-refractivity contribution in [2.24, 2.45) is 0 Å². The van der Waals surface area contributed by atoms with Gasteiger partial charge in [-0.05, 0) is 24.3 Å². The summed E-state index contributed by atoms with van der Waals surface area (Å²) in [6.45, 7) is 0. The number of nitriles is 1. The number of hydrogen-bond donors (Lipinski definition) is 0. The number of nitro groups is 1. The van der Waals surface area contributed by atoms with Crippen molar-refractivity contribution < 1.29 is 49.1 Å². The first-order chi connectivity index (χ1) is 16.0. The maximum atomic E-state index is 11.4. The van der Waals surface area contributed by atoms with E-state index < -0.39 is 17.3 Å². The number of rotatable bonds is 7. The van der Waals surface area contributed by atoms with Crippen molar-refractivity contribution in [3.8, 4) is 17.6 Å². The van der Waals surface area contributed by atoms with Crippen molar-refractivity contribution in [3.05, 3.63) is 94.3 Å². The molecule has 0 radical (unpaired) electrons. The molecule has 10 heteroatoms. The monoisotopic (exact) mass is 479 g/mol. The fraction of sp³-hybridized carbons (Fsp3) is 0.0417. The van der Waals surface area contributed by atoms with Crippen molar-refractivity contribution in [3.63, 3.8) is 0 Å². The molecule has 1 aromatic heterocycles. The van der Waals surface area contributed by atoms with Gasteiger partial charge in [0.2, 0.25) is 0 Å². The van der Waals surface area contributed by atoms with Crippen LogP contribution in [0.2, 0.25) is 0 Å². The van der Waals surface area contributed by atoms with Crippen LogP contribution in [0.1, 0.15) is 11.1 Å². The first-order valence-electron chi connectivity index (χ1n) is 9.65. The zero-order valence-corrected chi connectivity index (χ0v) is 20.7. The number of benzene rings is 3. The fourth-order valence-corrected chi connectivity index (χ4v) is 4.37. The third kappa shape index (κ3) is 5.38. The summed E-state index contributed by atoms with van der Waals surface area (Å²) in [7, 11) is 0. The van der Waals surface area contributed by atoms with Crippen LogP contribution in [0.4, 0.5) is 5.69 Å². The SMILES string of the molecule is N#Cc1ccc(Oc2cnccc2Sc2cccc([N+](=O)[O-])c2CC(=O)[O-])c2ccccc12.[Na+]. The van der Waals surface area contributed by atoms with Crippen LogP contribution in [0.25, 0.3) is 10.8 Å². The molecule has 0 spiro atoms. The van der Waals surface area contributed by atoms with Crippen molar-refractivity contribution in [2.45, 2.75) is 16.2 Å². The largest absolute Gasteiger partial charge is 1.00 e. The van der Waals surface area contributed by atoms with Crippen LogP contribution in [-0.4, -0.2) is 15.9 Å². The summed E-state index contributed by atoms with van der Waals surface area (Å²) >= 11 is 1.13. The molecule has 0 bridgehead atoms. The summed E-state index contributed by atoms with van der Waals surface area (Å²) in [4.78, 5) is 27.1. The Hall–Kier alpha value is -3.42. The molecule has 4 rings (SSSR count). The summed E-state index contributed by atoms with van der Waals surface area (Å²) in [5, 5.41) is 33.5. The predicted molar refractivity (Wildman–Crippen MR) is 119 cm³/mol. The quantitative estimate of drug-likeness (QED) is 0.220. The van der Waals surface area contributed by atoms with Gasteiger partial charge in [-0.15, -0.1) is 0 Å². The van der Waals surface area contributed by atoms with E-state index in [-0.39, 0.29) is 40.8 Å². The molecule has 0 unspecified atom stereocenters. The van der Waals surface area contributed by atoms with Gasteiger partial charge in [0.25, 0.3) is 5.69 Å². The molecule has 3 aromatic carbocycles. The summed E-state index contributed by atoms with van der Waals surface area (Å²) < 4.78 is 6.14. The van der Waals surface area contributed by atoms with E-state index in [0.717, 1.165) is 22.5 Å². The first kappa shape index (κ1) is 25.2. The van der Waals surface area contributed by atoms with Crippen LogP contribution < -0.4 is 39.4 Å². The number of aliphatic carboxylic acids is 1. The predicted octanol–water partition coefficient (Wildman–Crippen LogP) is 1.25. The van der Waals surface area contributed by atoms with Crippen molar-refractivity contribution in [1.82, 2.24) is 4.98 Å². The van der Waals surface area contributed by atoms with E-state index in [1.165, 1.54) is 18.3 Å². The molecule has 0 aliphatic carbocycles. The molecule has 0 saturated heterocycles. The van der Waals surface area contributed by atoms with Crippen molar-refractivity contribution in [2.75, 3.05) is 0 Å². The van der Waals surface area contributed by atoms with E-state index >= 15 is 0 Å². The third-order valence-electron chi connectivity index (χ3n) is 4.82. The molecule has 0 atom stereocenters. The number of fused-ring (bicyclic) bond motifs is 1. The molecule has 162 valence electrons. The van der Waals surface area contributed by atoms with E-state index in [2.05, 4.69) is 11.1 Å². The molecule has 4 aromatic rings. The number of nitro benzene ring substituents is 1. The van der Waals surface area contributed by atoms with Gasteiger partial charge in [-0.3, -0.25) is 15.1 Å². The fourth-order valence-electron chi connectivity index (χ4n) is 3.37. The maximum absolute atomic E-state index is 11.4. The summed E-state index contributed by atoms with van der Waals surface area (Å²) in [5.41, 5.74) is 0.278. The minimum Gasteiger partial charge on any atom is -0.550 e. The minimum atomic E-state index is -1.42. The van der Waals surface area contributed by atoms with Crippen LogP contribution in [0.3, 0.4) is 0 Å². The summed E-state index contributed by atoms with van der Waals surface area (Å²) in [6.07, 6.45) is 2.45. The molecule has 0 N–H and O–H groups in total. The zero-order valence-electron chi connectivity index (χ0n) is 17.9. The van der Waals surface area contributed by atoms with Crippen LogP contribution in [0.15, 0.2) is 82.8 Å². The van der Waals surface area contributed by atoms with Gasteiger partial charge in [0.15, 0.2) is 5.75 Å². The topological polar surface area (TPSA) is 129 Å². The van der Waals surface area contributed by atoms with Crippen molar-refractivity contribution >= 4 is 34.2 Å². The van der Waals surface area contributed by atoms with Crippen LogP contribution >= 0.6 is 11.8 Å². The minimum absolute atomic E-state index is 0. The van der Waals surface area contributed by atoms with Crippen LogP contribution in [-0.2, 0) is 11.2 Å². The number of carboxylic acid groups (broad SMARTS) is 1. The van der Waals surface area contributed by atoms with E-state index in [1.54, 1.807) is 30.5 Å². The normalized spacial score (nSPS) is 10.2. The van der Waals surface area contributed by atoms with Gasteiger partial charge in [-0.2, -0.15) is 5.26 Å². The summed E-state index contributed by atoms with van der Waals surface area (Å²) in [6, 6.07) is 18.9. The molecular weight excluding hydrogens is 465 g/mol. The number of carboxylic acids is 1. The Balaban J connectivity index is 0.00000324. The van der Waals surface area contributed by atoms with Gasteiger partial charge in [-0.1, -0.05) is 42.1 Å². The molecule has 0 amide bonds. The molecule has 0 saturated carbocycles. The van der Waals surface area contributed by atoms with E-state index in [4.69, 9.17) is 4.74 Å². The van der Waals surface area contributed by atoms with Gasteiger partial charge in [0.05, 0.1) is 27.6 Å². The Morgan fingerprint density at radius 2 is 1.79 bits per heavy atom. The molecule has 0 fully saturated rings. The smallest absolute Gasteiger partial charge is 0.550 e. The van der Waals surface area contributed by atoms with Crippen molar-refractivity contribution in [1.29, 1.82) is 5.26 Å². The van der Waals surface area contributed by atoms with Crippen LogP contribution in [0, 0.1) is 21.4 Å². The molecule has 0 aliphatic rings. The Kier molecular flexibility index (Phi) is 8.26. The average Bonchev–Trinajstić information content (AvgIpc) is 2.81. The number of carbonyl (C=O) groups excluding carboxylic acids is 1. The number of carbonyl (C=O) groups is 1. The number of pyridine rings is 1. The molecule has 34 heavy (non-hydrogen) atoms. The van der Waals surface area contributed by atoms with Gasteiger partial charge in [0, 0.05) is 45.9 Å². The molecule has 8 nitrogen and oxygen atoms in total. The third-order valence-corrected chi connectivity index (χ3v) is 5.98. The molecule has 1 heterocycles. The first-order valence-corrected chi connectivity index (χ1v) is 10.5. The number of aromatic nitrogens is 1. The van der Waals surface area contributed by atoms with Gasteiger partial charge in [0.1, 0.15) is 5.75 Å². The van der Waals surface area contributed by atoms with Gasteiger partial charge >= 0.3 is 29.6 Å². The van der Waals surface area contributed by atoms with Gasteiger partial charge in [-0.25, -0.2) is 0 Å².